The molecule has 0 aliphatic heterocycles. The number of carboxylic acid groups (broad SMARTS) is 1. The molecule has 0 spiro atoms. The van der Waals surface area contributed by atoms with Crippen molar-refractivity contribution < 1.29 is 19.8 Å². The summed E-state index contributed by atoms with van der Waals surface area (Å²) >= 11 is 8.81. The molecular formula is C12H12BrClO4. The average molecular weight is 336 g/mol. The van der Waals surface area contributed by atoms with E-state index in [0.29, 0.717) is 11.1 Å². The van der Waals surface area contributed by atoms with Crippen molar-refractivity contribution in [3.8, 4) is 0 Å². The first-order valence-electron chi connectivity index (χ1n) is 5.16. The zero-order valence-corrected chi connectivity index (χ0v) is 11.7. The average Bonchev–Trinajstić information content (AvgIpc) is 2.37. The molecule has 0 aromatic heterocycles. The number of aliphatic hydroxyl groups is 1. The van der Waals surface area contributed by atoms with Gasteiger partial charge in [-0.2, -0.15) is 0 Å². The molecule has 0 fully saturated rings. The second kappa shape index (κ2) is 6.87. The van der Waals surface area contributed by atoms with Gasteiger partial charge < -0.3 is 10.2 Å². The molecule has 0 saturated carbocycles. The van der Waals surface area contributed by atoms with Crippen molar-refractivity contribution in [2.75, 3.05) is 5.33 Å². The van der Waals surface area contributed by atoms with Crippen molar-refractivity contribution in [2.24, 2.45) is 0 Å². The highest BCUT2D eigenvalue weighted by Crippen LogP contribution is 2.24. The molecule has 1 rings (SSSR count). The van der Waals surface area contributed by atoms with Gasteiger partial charge in [0.1, 0.15) is 5.78 Å². The Morgan fingerprint density at radius 2 is 2.06 bits per heavy atom. The highest BCUT2D eigenvalue weighted by Gasteiger charge is 2.22. The fourth-order valence-corrected chi connectivity index (χ4v) is 2.08. The van der Waals surface area contributed by atoms with Crippen molar-refractivity contribution >= 4 is 39.3 Å². The third-order valence-electron chi connectivity index (χ3n) is 2.50. The molecule has 0 aliphatic rings. The van der Waals surface area contributed by atoms with Gasteiger partial charge in [0.15, 0.2) is 6.10 Å². The normalized spacial score (nSPS) is 12.2. The minimum absolute atomic E-state index is 0.0494. The third-order valence-corrected chi connectivity index (χ3v) is 3.42. The van der Waals surface area contributed by atoms with Crippen LogP contribution in [0.15, 0.2) is 18.2 Å². The third kappa shape index (κ3) is 3.54. The zero-order valence-electron chi connectivity index (χ0n) is 9.40. The Hall–Kier alpha value is -0.910. The Morgan fingerprint density at radius 3 is 2.56 bits per heavy atom. The maximum Gasteiger partial charge on any atom is 0.337 e. The molecule has 1 unspecified atom stereocenters. The molecule has 0 bridgehead atoms. The SMILES string of the molecule is O=C(CBr)Cc1c(CCl)cccc1C(O)C(=O)O. The molecule has 18 heavy (non-hydrogen) atoms. The standard InChI is InChI=1S/C12H12BrClO4/c13-5-8(15)4-10-7(6-14)2-1-3-9(10)11(16)12(17)18/h1-3,11,16H,4-6H2,(H,17,18). The minimum atomic E-state index is -1.65. The van der Waals surface area contributed by atoms with Crippen molar-refractivity contribution in [3.63, 3.8) is 0 Å². The lowest BCUT2D eigenvalue weighted by molar-refractivity contribution is -0.147. The lowest BCUT2D eigenvalue weighted by atomic mass is 9.94. The van der Waals surface area contributed by atoms with Crippen LogP contribution in [-0.4, -0.2) is 27.3 Å². The summed E-state index contributed by atoms with van der Waals surface area (Å²) in [7, 11) is 0. The molecule has 2 N–H and O–H groups in total. The fourth-order valence-electron chi connectivity index (χ4n) is 1.63. The van der Waals surface area contributed by atoms with E-state index in [9.17, 15) is 14.7 Å². The summed E-state index contributed by atoms with van der Waals surface area (Å²) < 4.78 is 0. The van der Waals surface area contributed by atoms with E-state index in [4.69, 9.17) is 16.7 Å². The first-order valence-corrected chi connectivity index (χ1v) is 6.82. The number of carboxylic acids is 1. The maximum atomic E-state index is 11.5. The van der Waals surface area contributed by atoms with E-state index in [1.54, 1.807) is 12.1 Å². The topological polar surface area (TPSA) is 74.6 Å². The van der Waals surface area contributed by atoms with E-state index in [2.05, 4.69) is 15.9 Å². The van der Waals surface area contributed by atoms with Crippen molar-refractivity contribution in [1.29, 1.82) is 0 Å². The van der Waals surface area contributed by atoms with E-state index in [-0.39, 0.29) is 29.0 Å². The predicted octanol–water partition coefficient (Wildman–Crippen LogP) is 2.05. The summed E-state index contributed by atoms with van der Waals surface area (Å²) in [5, 5.41) is 18.6. The summed E-state index contributed by atoms with van der Waals surface area (Å²) in [6.45, 7) is 0. The summed E-state index contributed by atoms with van der Waals surface area (Å²) in [6.07, 6.45) is -1.60. The van der Waals surface area contributed by atoms with Crippen molar-refractivity contribution in [1.82, 2.24) is 0 Å². The Labute approximate surface area is 118 Å². The maximum absolute atomic E-state index is 11.5. The molecule has 0 saturated heterocycles. The number of Topliss-reactive ketones (excluding diaryl/α,β-unsaturated/α-hetero) is 1. The number of ketones is 1. The van der Waals surface area contributed by atoms with Gasteiger partial charge in [-0.05, 0) is 16.7 Å². The highest BCUT2D eigenvalue weighted by atomic mass is 79.9. The quantitative estimate of drug-likeness (QED) is 0.780. The number of aliphatic carboxylic acids is 1. The van der Waals surface area contributed by atoms with E-state index < -0.39 is 12.1 Å². The number of halogens is 2. The van der Waals surface area contributed by atoms with Crippen LogP contribution in [0.25, 0.3) is 0 Å². The minimum Gasteiger partial charge on any atom is -0.479 e. The monoisotopic (exact) mass is 334 g/mol. The Balaban J connectivity index is 3.24. The molecule has 0 radical (unpaired) electrons. The number of alkyl halides is 2. The van der Waals surface area contributed by atoms with Gasteiger partial charge in [0.05, 0.1) is 5.33 Å². The van der Waals surface area contributed by atoms with E-state index in [1.165, 1.54) is 6.07 Å². The number of benzene rings is 1. The Morgan fingerprint density at radius 1 is 1.39 bits per heavy atom. The number of carbonyl (C=O) groups excluding carboxylic acids is 1. The second-order valence-electron chi connectivity index (χ2n) is 3.71. The number of hydrogen-bond acceptors (Lipinski definition) is 3. The molecule has 0 amide bonds. The molecule has 0 heterocycles. The van der Waals surface area contributed by atoms with Crippen LogP contribution in [0, 0.1) is 0 Å². The van der Waals surface area contributed by atoms with Gasteiger partial charge >= 0.3 is 5.97 Å². The summed E-state index contributed by atoms with van der Waals surface area (Å²) in [5.74, 6) is -1.30. The number of rotatable bonds is 6. The van der Waals surface area contributed by atoms with Crippen LogP contribution < -0.4 is 0 Å². The van der Waals surface area contributed by atoms with E-state index in [0.717, 1.165) is 0 Å². The smallest absolute Gasteiger partial charge is 0.337 e. The van der Waals surface area contributed by atoms with E-state index in [1.807, 2.05) is 0 Å². The first kappa shape index (κ1) is 15.1. The summed E-state index contributed by atoms with van der Waals surface area (Å²) in [5.41, 5.74) is 1.37. The summed E-state index contributed by atoms with van der Waals surface area (Å²) in [4.78, 5) is 22.3. The van der Waals surface area contributed by atoms with Crippen LogP contribution in [0.3, 0.4) is 0 Å². The van der Waals surface area contributed by atoms with Crippen LogP contribution in [0.4, 0.5) is 0 Å². The summed E-state index contributed by atoms with van der Waals surface area (Å²) in [6, 6.07) is 4.81. The number of aliphatic hydroxyl groups excluding tert-OH is 1. The second-order valence-corrected chi connectivity index (χ2v) is 4.54. The van der Waals surface area contributed by atoms with Gasteiger partial charge in [-0.3, -0.25) is 4.79 Å². The van der Waals surface area contributed by atoms with Gasteiger partial charge in [0, 0.05) is 12.3 Å². The first-order chi connectivity index (χ1) is 8.51. The van der Waals surface area contributed by atoms with Gasteiger partial charge in [-0.25, -0.2) is 4.79 Å². The van der Waals surface area contributed by atoms with Crippen LogP contribution in [0.2, 0.25) is 0 Å². The van der Waals surface area contributed by atoms with Crippen molar-refractivity contribution in [3.05, 3.63) is 34.9 Å². The van der Waals surface area contributed by atoms with Gasteiger partial charge in [-0.1, -0.05) is 34.1 Å². The van der Waals surface area contributed by atoms with E-state index >= 15 is 0 Å². The predicted molar refractivity (Wildman–Crippen MR) is 71.1 cm³/mol. The largest absolute Gasteiger partial charge is 0.479 e. The van der Waals surface area contributed by atoms with Crippen LogP contribution >= 0.6 is 27.5 Å². The molecule has 4 nitrogen and oxygen atoms in total. The van der Waals surface area contributed by atoms with Crippen LogP contribution in [0.5, 0.6) is 0 Å². The fraction of sp³-hybridized carbons (Fsp3) is 0.333. The van der Waals surface area contributed by atoms with Gasteiger partial charge in [-0.15, -0.1) is 11.6 Å². The molecule has 0 aliphatic carbocycles. The van der Waals surface area contributed by atoms with Crippen LogP contribution in [-0.2, 0) is 21.9 Å². The van der Waals surface area contributed by atoms with Crippen molar-refractivity contribution in [2.45, 2.75) is 18.4 Å². The number of hydrogen-bond donors (Lipinski definition) is 2. The molecule has 98 valence electrons. The highest BCUT2D eigenvalue weighted by molar-refractivity contribution is 9.09. The number of carbonyl (C=O) groups is 2. The van der Waals surface area contributed by atoms with Crippen LogP contribution in [0.1, 0.15) is 22.8 Å². The van der Waals surface area contributed by atoms with Gasteiger partial charge in [0.2, 0.25) is 0 Å². The molecule has 1 aromatic rings. The lowest BCUT2D eigenvalue weighted by Gasteiger charge is -2.15. The molecule has 1 atom stereocenters. The molecule has 1 aromatic carbocycles. The van der Waals surface area contributed by atoms with Gasteiger partial charge in [0.25, 0.3) is 0 Å². The Bertz CT molecular complexity index is 461. The Kier molecular flexibility index (Phi) is 5.78. The zero-order chi connectivity index (χ0) is 13.7. The molecule has 6 heteroatoms. The molecular weight excluding hydrogens is 323 g/mol. The lowest BCUT2D eigenvalue weighted by Crippen LogP contribution is -2.16.